The fourth-order valence-corrected chi connectivity index (χ4v) is 3.03. The smallest absolute Gasteiger partial charge is 0.242 e. The lowest BCUT2D eigenvalue weighted by atomic mass is 10.1. The number of hydrogen-bond donors (Lipinski definition) is 1. The molecular formula is C22H27ClN2O3. The minimum atomic E-state index is -0.593. The summed E-state index contributed by atoms with van der Waals surface area (Å²) in [6.45, 7) is 4.40. The number of hydrogen-bond acceptors (Lipinski definition) is 3. The van der Waals surface area contributed by atoms with Crippen molar-refractivity contribution < 1.29 is 14.3 Å². The summed E-state index contributed by atoms with van der Waals surface area (Å²) in [6.07, 6.45) is 1.13. The molecule has 0 bridgehead atoms. The molecule has 5 nitrogen and oxygen atoms in total. The minimum absolute atomic E-state index is 0.0441. The second-order valence-corrected chi connectivity index (χ2v) is 7.04. The number of methoxy groups -OCH3 is 1. The molecule has 0 saturated carbocycles. The summed E-state index contributed by atoms with van der Waals surface area (Å²) in [5.41, 5.74) is 1.81. The molecule has 0 aromatic heterocycles. The average molecular weight is 403 g/mol. The Morgan fingerprint density at radius 1 is 1.14 bits per heavy atom. The number of para-hydroxylation sites is 1. The molecule has 28 heavy (non-hydrogen) atoms. The van der Waals surface area contributed by atoms with E-state index in [0.29, 0.717) is 24.5 Å². The van der Waals surface area contributed by atoms with E-state index in [0.717, 1.165) is 23.3 Å². The van der Waals surface area contributed by atoms with Crippen LogP contribution in [-0.2, 0) is 22.7 Å². The van der Waals surface area contributed by atoms with Gasteiger partial charge in [-0.05, 0) is 37.1 Å². The van der Waals surface area contributed by atoms with Gasteiger partial charge >= 0.3 is 0 Å². The van der Waals surface area contributed by atoms with E-state index in [1.165, 1.54) is 0 Å². The maximum atomic E-state index is 12.7. The summed E-state index contributed by atoms with van der Waals surface area (Å²) in [5, 5.41) is 3.55. The normalized spacial score (nSPS) is 11.6. The molecule has 2 aromatic rings. The van der Waals surface area contributed by atoms with Crippen LogP contribution in [0, 0.1) is 0 Å². The van der Waals surface area contributed by atoms with Gasteiger partial charge in [-0.15, -0.1) is 0 Å². The molecule has 0 radical (unpaired) electrons. The van der Waals surface area contributed by atoms with E-state index in [9.17, 15) is 9.59 Å². The van der Waals surface area contributed by atoms with Crippen LogP contribution < -0.4 is 10.1 Å². The van der Waals surface area contributed by atoms with E-state index in [1.54, 1.807) is 31.1 Å². The van der Waals surface area contributed by atoms with Crippen LogP contribution in [-0.4, -0.2) is 29.9 Å². The Labute approximate surface area is 171 Å². The minimum Gasteiger partial charge on any atom is -0.496 e. The molecule has 0 unspecified atom stereocenters. The first-order valence-corrected chi connectivity index (χ1v) is 9.77. The molecule has 150 valence electrons. The highest BCUT2D eigenvalue weighted by Crippen LogP contribution is 2.18. The molecule has 1 atom stereocenters. The number of nitrogens with zero attached hydrogens (tertiary/aromatic N) is 1. The van der Waals surface area contributed by atoms with Gasteiger partial charge in [-0.3, -0.25) is 9.59 Å². The SMILES string of the molecule is CCCC(=O)N(Cc1ccc(Cl)cc1)[C@H](C)C(=O)NCc1ccccc1OC. The molecule has 0 fully saturated rings. The lowest BCUT2D eigenvalue weighted by Gasteiger charge is -2.29. The van der Waals surface area contributed by atoms with Gasteiger partial charge in [0.25, 0.3) is 0 Å². The van der Waals surface area contributed by atoms with Gasteiger partial charge < -0.3 is 15.0 Å². The highest BCUT2D eigenvalue weighted by Gasteiger charge is 2.25. The number of carbonyl (C=O) groups is 2. The molecule has 0 spiro atoms. The van der Waals surface area contributed by atoms with E-state index in [-0.39, 0.29) is 11.8 Å². The molecule has 0 saturated heterocycles. The third kappa shape index (κ3) is 5.99. The number of rotatable bonds is 9. The van der Waals surface area contributed by atoms with Crippen LogP contribution in [0.5, 0.6) is 5.75 Å². The van der Waals surface area contributed by atoms with E-state index in [4.69, 9.17) is 16.3 Å². The molecule has 2 amide bonds. The highest BCUT2D eigenvalue weighted by atomic mass is 35.5. The summed E-state index contributed by atoms with van der Waals surface area (Å²) in [7, 11) is 1.60. The van der Waals surface area contributed by atoms with Crippen LogP contribution in [0.4, 0.5) is 0 Å². The van der Waals surface area contributed by atoms with Crippen molar-refractivity contribution in [2.45, 2.75) is 45.8 Å². The van der Waals surface area contributed by atoms with E-state index >= 15 is 0 Å². The summed E-state index contributed by atoms with van der Waals surface area (Å²) >= 11 is 5.94. The number of carbonyl (C=O) groups excluding carboxylic acids is 2. The maximum absolute atomic E-state index is 12.7. The Kier molecular flexibility index (Phi) is 8.33. The van der Waals surface area contributed by atoms with Gasteiger partial charge in [-0.25, -0.2) is 0 Å². The number of benzene rings is 2. The van der Waals surface area contributed by atoms with Gasteiger partial charge in [-0.1, -0.05) is 48.9 Å². The van der Waals surface area contributed by atoms with Crippen molar-refractivity contribution in [2.24, 2.45) is 0 Å². The first-order valence-electron chi connectivity index (χ1n) is 9.39. The van der Waals surface area contributed by atoms with Gasteiger partial charge in [0.05, 0.1) is 7.11 Å². The van der Waals surface area contributed by atoms with Crippen LogP contribution in [0.25, 0.3) is 0 Å². The molecule has 0 aliphatic rings. The first kappa shape index (κ1) is 21.8. The van der Waals surface area contributed by atoms with Gasteiger partial charge in [-0.2, -0.15) is 0 Å². The topological polar surface area (TPSA) is 58.6 Å². The maximum Gasteiger partial charge on any atom is 0.242 e. The Hall–Kier alpha value is -2.53. The number of nitrogens with one attached hydrogen (secondary N) is 1. The fourth-order valence-electron chi connectivity index (χ4n) is 2.91. The zero-order valence-electron chi connectivity index (χ0n) is 16.6. The number of ether oxygens (including phenoxy) is 1. The lowest BCUT2D eigenvalue weighted by Crippen LogP contribution is -2.47. The molecular weight excluding hydrogens is 376 g/mol. The summed E-state index contributed by atoms with van der Waals surface area (Å²) in [6, 6.07) is 14.2. The molecule has 2 rings (SSSR count). The van der Waals surface area contributed by atoms with Crippen molar-refractivity contribution >= 4 is 23.4 Å². The number of amides is 2. The monoisotopic (exact) mass is 402 g/mol. The molecule has 0 aliphatic carbocycles. The Morgan fingerprint density at radius 2 is 1.82 bits per heavy atom. The Morgan fingerprint density at radius 3 is 2.46 bits per heavy atom. The summed E-state index contributed by atoms with van der Waals surface area (Å²) in [4.78, 5) is 27.0. The quantitative estimate of drug-likeness (QED) is 0.684. The molecule has 1 N–H and O–H groups in total. The van der Waals surface area contributed by atoms with Crippen molar-refractivity contribution in [1.82, 2.24) is 10.2 Å². The highest BCUT2D eigenvalue weighted by molar-refractivity contribution is 6.30. The van der Waals surface area contributed by atoms with Crippen molar-refractivity contribution in [1.29, 1.82) is 0 Å². The second-order valence-electron chi connectivity index (χ2n) is 6.60. The van der Waals surface area contributed by atoms with Gasteiger partial charge in [0, 0.05) is 30.1 Å². The molecule has 2 aromatic carbocycles. The van der Waals surface area contributed by atoms with E-state index in [1.807, 2.05) is 43.3 Å². The largest absolute Gasteiger partial charge is 0.496 e. The summed E-state index contributed by atoms with van der Waals surface area (Å²) in [5.74, 6) is 0.470. The van der Waals surface area contributed by atoms with Crippen LogP contribution in [0.1, 0.15) is 37.8 Å². The molecule has 0 heterocycles. The first-order chi connectivity index (χ1) is 13.5. The third-order valence-electron chi connectivity index (χ3n) is 4.54. The Bertz CT molecular complexity index is 793. The van der Waals surface area contributed by atoms with Crippen molar-refractivity contribution in [3.05, 3.63) is 64.7 Å². The number of halogens is 1. The van der Waals surface area contributed by atoms with E-state index < -0.39 is 6.04 Å². The zero-order valence-corrected chi connectivity index (χ0v) is 17.3. The predicted octanol–water partition coefficient (Wildman–Crippen LogP) is 4.18. The lowest BCUT2D eigenvalue weighted by molar-refractivity contribution is -0.140. The standard InChI is InChI=1S/C22H27ClN2O3/c1-4-7-21(26)25(15-17-10-12-19(23)13-11-17)16(2)22(27)24-14-18-8-5-6-9-20(18)28-3/h5-6,8-13,16H,4,7,14-15H2,1-3H3,(H,24,27)/t16-/m1/s1. The van der Waals surface area contributed by atoms with E-state index in [2.05, 4.69) is 5.32 Å². The van der Waals surface area contributed by atoms with Crippen LogP contribution in [0.15, 0.2) is 48.5 Å². The van der Waals surface area contributed by atoms with Crippen LogP contribution >= 0.6 is 11.6 Å². The van der Waals surface area contributed by atoms with Crippen molar-refractivity contribution in [3.8, 4) is 5.75 Å². The van der Waals surface area contributed by atoms with Crippen molar-refractivity contribution in [3.63, 3.8) is 0 Å². The molecule has 0 aliphatic heterocycles. The van der Waals surface area contributed by atoms with Crippen molar-refractivity contribution in [2.75, 3.05) is 7.11 Å². The van der Waals surface area contributed by atoms with Gasteiger partial charge in [0.1, 0.15) is 11.8 Å². The molecule has 6 heteroatoms. The van der Waals surface area contributed by atoms with Crippen LogP contribution in [0.3, 0.4) is 0 Å². The second kappa shape index (κ2) is 10.7. The average Bonchev–Trinajstić information content (AvgIpc) is 2.71. The van der Waals surface area contributed by atoms with Crippen LogP contribution in [0.2, 0.25) is 5.02 Å². The summed E-state index contributed by atoms with van der Waals surface area (Å²) < 4.78 is 5.32. The van der Waals surface area contributed by atoms with Gasteiger partial charge in [0.15, 0.2) is 0 Å². The Balaban J connectivity index is 2.09. The fraction of sp³-hybridized carbons (Fsp3) is 0.364. The third-order valence-corrected chi connectivity index (χ3v) is 4.79. The zero-order chi connectivity index (χ0) is 20.5. The predicted molar refractivity (Wildman–Crippen MR) is 111 cm³/mol. The van der Waals surface area contributed by atoms with Gasteiger partial charge in [0.2, 0.25) is 11.8 Å².